The maximum atomic E-state index is 11.8. The summed E-state index contributed by atoms with van der Waals surface area (Å²) in [5.41, 5.74) is 6.45. The first kappa shape index (κ1) is 17.8. The molecule has 0 spiro atoms. The van der Waals surface area contributed by atoms with Crippen LogP contribution in [0.1, 0.15) is 28.8 Å². The van der Waals surface area contributed by atoms with Crippen molar-refractivity contribution in [3.8, 4) is 11.5 Å². The smallest absolute Gasteiger partial charge is 0.311 e. The van der Waals surface area contributed by atoms with Crippen molar-refractivity contribution in [2.24, 2.45) is 5.73 Å². The third kappa shape index (κ3) is 5.28. The van der Waals surface area contributed by atoms with E-state index >= 15 is 0 Å². The van der Waals surface area contributed by atoms with E-state index < -0.39 is 5.91 Å². The summed E-state index contributed by atoms with van der Waals surface area (Å²) in [6.45, 7) is 2.31. The molecule has 2 aromatic carbocycles. The molecule has 6 heteroatoms. The third-order valence-corrected chi connectivity index (χ3v) is 3.53. The molecular formula is C18H18ClNO4. The topological polar surface area (TPSA) is 78.6 Å². The van der Waals surface area contributed by atoms with Crippen LogP contribution in [0.3, 0.4) is 0 Å². The van der Waals surface area contributed by atoms with E-state index in [1.807, 2.05) is 13.0 Å². The highest BCUT2D eigenvalue weighted by atomic mass is 35.5. The van der Waals surface area contributed by atoms with Crippen molar-refractivity contribution in [2.45, 2.75) is 19.8 Å². The number of rotatable bonds is 7. The lowest BCUT2D eigenvalue weighted by Crippen LogP contribution is -2.12. The van der Waals surface area contributed by atoms with Gasteiger partial charge < -0.3 is 15.2 Å². The second-order valence-corrected chi connectivity index (χ2v) is 5.66. The fourth-order valence-electron chi connectivity index (χ4n) is 2.04. The molecule has 0 saturated heterocycles. The zero-order valence-corrected chi connectivity index (χ0v) is 14.0. The van der Waals surface area contributed by atoms with Crippen molar-refractivity contribution in [1.82, 2.24) is 0 Å². The molecule has 0 unspecified atom stereocenters. The fourth-order valence-corrected chi connectivity index (χ4v) is 2.27. The Bertz CT molecular complexity index is 728. The molecule has 0 aliphatic carbocycles. The number of esters is 1. The van der Waals surface area contributed by atoms with E-state index in [0.29, 0.717) is 29.4 Å². The van der Waals surface area contributed by atoms with E-state index in [9.17, 15) is 9.59 Å². The molecule has 0 aromatic heterocycles. The third-order valence-electron chi connectivity index (χ3n) is 3.29. The van der Waals surface area contributed by atoms with Gasteiger partial charge in [-0.2, -0.15) is 0 Å². The fraction of sp³-hybridized carbons (Fsp3) is 0.222. The number of carbonyl (C=O) groups excluding carboxylic acids is 2. The van der Waals surface area contributed by atoms with Crippen LogP contribution in [0.5, 0.6) is 11.5 Å². The molecule has 126 valence electrons. The summed E-state index contributed by atoms with van der Waals surface area (Å²) in [6, 6.07) is 11.5. The lowest BCUT2D eigenvalue weighted by Gasteiger charge is -2.09. The largest absolute Gasteiger partial charge is 0.493 e. The molecule has 2 rings (SSSR count). The zero-order valence-electron chi connectivity index (χ0n) is 13.3. The monoisotopic (exact) mass is 347 g/mol. The molecule has 5 nitrogen and oxygen atoms in total. The van der Waals surface area contributed by atoms with Gasteiger partial charge in [0.05, 0.1) is 6.61 Å². The summed E-state index contributed by atoms with van der Waals surface area (Å²) < 4.78 is 10.8. The van der Waals surface area contributed by atoms with Crippen LogP contribution in [0, 0.1) is 6.92 Å². The molecule has 0 saturated carbocycles. The predicted molar refractivity (Wildman–Crippen MR) is 91.5 cm³/mol. The maximum Gasteiger partial charge on any atom is 0.311 e. The summed E-state index contributed by atoms with van der Waals surface area (Å²) in [4.78, 5) is 22.7. The first-order valence-electron chi connectivity index (χ1n) is 7.45. The molecule has 0 fully saturated rings. The van der Waals surface area contributed by atoms with Crippen molar-refractivity contribution in [2.75, 3.05) is 6.61 Å². The number of halogens is 1. The Labute approximate surface area is 145 Å². The van der Waals surface area contributed by atoms with Crippen LogP contribution in [0.2, 0.25) is 5.02 Å². The van der Waals surface area contributed by atoms with Crippen LogP contribution in [0.4, 0.5) is 0 Å². The SMILES string of the molecule is Cc1cc(Cl)ccc1OCCCC(=O)Oc1ccc(C(N)=O)cc1. The Balaban J connectivity index is 1.74. The van der Waals surface area contributed by atoms with Gasteiger partial charge in [-0.05, 0) is 61.4 Å². The minimum Gasteiger partial charge on any atom is -0.493 e. The number of ether oxygens (including phenoxy) is 2. The number of hydrogen-bond donors (Lipinski definition) is 1. The Morgan fingerprint density at radius 2 is 1.83 bits per heavy atom. The van der Waals surface area contributed by atoms with Gasteiger partial charge in [-0.15, -0.1) is 0 Å². The number of nitrogens with two attached hydrogens (primary N) is 1. The molecular weight excluding hydrogens is 330 g/mol. The van der Waals surface area contributed by atoms with Crippen molar-refractivity contribution < 1.29 is 19.1 Å². The Kier molecular flexibility index (Phi) is 6.21. The number of carbonyl (C=O) groups is 2. The summed E-state index contributed by atoms with van der Waals surface area (Å²) in [7, 11) is 0. The van der Waals surface area contributed by atoms with Gasteiger partial charge in [-0.1, -0.05) is 11.6 Å². The summed E-state index contributed by atoms with van der Waals surface area (Å²) in [5, 5.41) is 0.658. The van der Waals surface area contributed by atoms with Gasteiger partial charge >= 0.3 is 5.97 Å². The lowest BCUT2D eigenvalue weighted by atomic mass is 10.2. The van der Waals surface area contributed by atoms with E-state index in [2.05, 4.69) is 0 Å². The second kappa shape index (κ2) is 8.36. The number of primary amides is 1. The molecule has 2 N–H and O–H groups in total. The van der Waals surface area contributed by atoms with Gasteiger partial charge in [0.25, 0.3) is 0 Å². The normalized spacial score (nSPS) is 10.2. The average molecular weight is 348 g/mol. The van der Waals surface area contributed by atoms with Crippen LogP contribution in [-0.4, -0.2) is 18.5 Å². The van der Waals surface area contributed by atoms with Crippen molar-refractivity contribution in [3.05, 3.63) is 58.6 Å². The number of benzene rings is 2. The first-order chi connectivity index (χ1) is 11.5. The zero-order chi connectivity index (χ0) is 17.5. The van der Waals surface area contributed by atoms with E-state index in [1.165, 1.54) is 24.3 Å². The molecule has 0 radical (unpaired) electrons. The van der Waals surface area contributed by atoms with Crippen LogP contribution >= 0.6 is 11.6 Å². The summed E-state index contributed by atoms with van der Waals surface area (Å²) in [5.74, 6) is 0.232. The number of aryl methyl sites for hydroxylation is 1. The second-order valence-electron chi connectivity index (χ2n) is 5.22. The molecule has 2 aromatic rings. The van der Waals surface area contributed by atoms with Crippen molar-refractivity contribution in [3.63, 3.8) is 0 Å². The first-order valence-corrected chi connectivity index (χ1v) is 7.83. The van der Waals surface area contributed by atoms with Gasteiger partial charge in [0, 0.05) is 17.0 Å². The highest BCUT2D eigenvalue weighted by molar-refractivity contribution is 6.30. The Morgan fingerprint density at radius 3 is 2.46 bits per heavy atom. The van der Waals surface area contributed by atoms with Crippen molar-refractivity contribution in [1.29, 1.82) is 0 Å². The molecule has 0 aliphatic heterocycles. The molecule has 1 amide bonds. The highest BCUT2D eigenvalue weighted by Crippen LogP contribution is 2.22. The molecule has 0 heterocycles. The van der Waals surface area contributed by atoms with Gasteiger partial charge in [0.15, 0.2) is 0 Å². The van der Waals surface area contributed by atoms with Crippen LogP contribution in [0.25, 0.3) is 0 Å². The average Bonchev–Trinajstić information content (AvgIpc) is 2.53. The maximum absolute atomic E-state index is 11.8. The van der Waals surface area contributed by atoms with Crippen LogP contribution < -0.4 is 15.2 Å². The summed E-state index contributed by atoms with van der Waals surface area (Å²) >= 11 is 5.88. The van der Waals surface area contributed by atoms with Gasteiger partial charge in [-0.25, -0.2) is 0 Å². The molecule has 24 heavy (non-hydrogen) atoms. The standard InChI is InChI=1S/C18H18ClNO4/c1-12-11-14(19)6-9-16(12)23-10-2-3-17(21)24-15-7-4-13(5-8-15)18(20)22/h4-9,11H,2-3,10H2,1H3,(H2,20,22). The number of hydrogen-bond acceptors (Lipinski definition) is 4. The van der Waals surface area contributed by atoms with Gasteiger partial charge in [0.1, 0.15) is 11.5 Å². The summed E-state index contributed by atoms with van der Waals surface area (Å²) in [6.07, 6.45) is 0.754. The van der Waals surface area contributed by atoms with E-state index in [-0.39, 0.29) is 12.4 Å². The minimum atomic E-state index is -0.525. The molecule has 0 atom stereocenters. The Morgan fingerprint density at radius 1 is 1.12 bits per heavy atom. The number of amides is 1. The van der Waals surface area contributed by atoms with Gasteiger partial charge in [0.2, 0.25) is 5.91 Å². The van der Waals surface area contributed by atoms with E-state index in [4.69, 9.17) is 26.8 Å². The predicted octanol–water partition coefficient (Wildman–Crippen LogP) is 3.51. The van der Waals surface area contributed by atoms with E-state index in [0.717, 1.165) is 11.3 Å². The van der Waals surface area contributed by atoms with Crippen molar-refractivity contribution >= 4 is 23.5 Å². The Hall–Kier alpha value is -2.53. The molecule has 0 bridgehead atoms. The van der Waals surface area contributed by atoms with Gasteiger partial charge in [-0.3, -0.25) is 9.59 Å². The van der Waals surface area contributed by atoms with E-state index in [1.54, 1.807) is 12.1 Å². The quantitative estimate of drug-likeness (QED) is 0.472. The van der Waals surface area contributed by atoms with Crippen LogP contribution in [0.15, 0.2) is 42.5 Å². The molecule has 0 aliphatic rings. The lowest BCUT2D eigenvalue weighted by molar-refractivity contribution is -0.134. The highest BCUT2D eigenvalue weighted by Gasteiger charge is 2.07. The van der Waals surface area contributed by atoms with Crippen LogP contribution in [-0.2, 0) is 4.79 Å². The minimum absolute atomic E-state index is 0.226.